The fourth-order valence-electron chi connectivity index (χ4n) is 6.19. The monoisotopic (exact) mass is 455 g/mol. The SMILES string of the molecule is CC(C)(N)C(=O)N[C@H](CCC1CCCCC1)C(=O)N1CCC2(CC1)CC(O)c1ccccc12. The normalized spacial score (nSPS) is 23.9. The van der Waals surface area contributed by atoms with Crippen molar-refractivity contribution in [2.75, 3.05) is 13.1 Å². The van der Waals surface area contributed by atoms with Gasteiger partial charge in [0.25, 0.3) is 0 Å². The number of piperidine rings is 1. The second kappa shape index (κ2) is 9.75. The molecule has 33 heavy (non-hydrogen) atoms. The van der Waals surface area contributed by atoms with E-state index in [2.05, 4.69) is 11.4 Å². The molecular formula is C27H41N3O3. The summed E-state index contributed by atoms with van der Waals surface area (Å²) in [7, 11) is 0. The number of carbonyl (C=O) groups is 2. The van der Waals surface area contributed by atoms with Gasteiger partial charge in [-0.05, 0) is 63.0 Å². The Balaban J connectivity index is 1.42. The Morgan fingerprint density at radius 1 is 1.18 bits per heavy atom. The number of hydrogen-bond donors (Lipinski definition) is 3. The average Bonchev–Trinajstić information content (AvgIpc) is 3.08. The maximum Gasteiger partial charge on any atom is 0.245 e. The highest BCUT2D eigenvalue weighted by Gasteiger charge is 2.46. The second-order valence-electron chi connectivity index (χ2n) is 11.2. The van der Waals surface area contributed by atoms with E-state index in [0.29, 0.717) is 25.4 Å². The van der Waals surface area contributed by atoms with Crippen molar-refractivity contribution in [2.24, 2.45) is 11.7 Å². The molecule has 2 amide bonds. The Morgan fingerprint density at radius 2 is 1.85 bits per heavy atom. The first-order valence-electron chi connectivity index (χ1n) is 12.9. The zero-order chi connectivity index (χ0) is 23.6. The van der Waals surface area contributed by atoms with Crippen molar-refractivity contribution in [3.63, 3.8) is 0 Å². The van der Waals surface area contributed by atoms with Crippen LogP contribution in [0.5, 0.6) is 0 Å². The largest absolute Gasteiger partial charge is 0.388 e. The molecule has 6 heteroatoms. The molecule has 2 fully saturated rings. The van der Waals surface area contributed by atoms with Gasteiger partial charge in [0.15, 0.2) is 0 Å². The van der Waals surface area contributed by atoms with E-state index in [1.807, 2.05) is 23.1 Å². The average molecular weight is 456 g/mol. The quantitative estimate of drug-likeness (QED) is 0.611. The number of carbonyl (C=O) groups excluding carboxylic acids is 2. The third kappa shape index (κ3) is 5.27. The van der Waals surface area contributed by atoms with Crippen LogP contribution < -0.4 is 11.1 Å². The summed E-state index contributed by atoms with van der Waals surface area (Å²) in [6, 6.07) is 7.68. The van der Waals surface area contributed by atoms with Gasteiger partial charge in [-0.2, -0.15) is 0 Å². The van der Waals surface area contributed by atoms with Crippen LogP contribution in [0.3, 0.4) is 0 Å². The molecule has 0 aromatic heterocycles. The van der Waals surface area contributed by atoms with Gasteiger partial charge in [-0.15, -0.1) is 0 Å². The van der Waals surface area contributed by atoms with E-state index in [9.17, 15) is 14.7 Å². The van der Waals surface area contributed by atoms with Gasteiger partial charge in [0, 0.05) is 18.5 Å². The lowest BCUT2D eigenvalue weighted by molar-refractivity contribution is -0.139. The predicted molar refractivity (Wildman–Crippen MR) is 130 cm³/mol. The summed E-state index contributed by atoms with van der Waals surface area (Å²) in [5, 5.41) is 13.6. The first kappa shape index (κ1) is 24.2. The summed E-state index contributed by atoms with van der Waals surface area (Å²) in [4.78, 5) is 28.1. The molecular weight excluding hydrogens is 414 g/mol. The summed E-state index contributed by atoms with van der Waals surface area (Å²) in [5.41, 5.74) is 7.25. The molecule has 1 saturated heterocycles. The van der Waals surface area contributed by atoms with Gasteiger partial charge < -0.3 is 21.1 Å². The Kier molecular flexibility index (Phi) is 7.15. The van der Waals surface area contributed by atoms with Gasteiger partial charge in [0.05, 0.1) is 11.6 Å². The van der Waals surface area contributed by atoms with Crippen molar-refractivity contribution < 1.29 is 14.7 Å². The minimum Gasteiger partial charge on any atom is -0.388 e. The lowest BCUT2D eigenvalue weighted by Crippen LogP contribution is -2.57. The smallest absolute Gasteiger partial charge is 0.245 e. The molecule has 0 bridgehead atoms. The molecule has 2 atom stereocenters. The van der Waals surface area contributed by atoms with Crippen LogP contribution >= 0.6 is 0 Å². The third-order valence-corrected chi connectivity index (χ3v) is 8.28. The van der Waals surface area contributed by atoms with Crippen LogP contribution in [0.25, 0.3) is 0 Å². The van der Waals surface area contributed by atoms with Gasteiger partial charge in [0.1, 0.15) is 6.04 Å². The highest BCUT2D eigenvalue weighted by Crippen LogP contribution is 2.50. The molecule has 3 aliphatic rings. The highest BCUT2D eigenvalue weighted by molar-refractivity contribution is 5.91. The van der Waals surface area contributed by atoms with Crippen molar-refractivity contribution in [3.8, 4) is 0 Å². The lowest BCUT2D eigenvalue weighted by atomic mass is 9.73. The second-order valence-corrected chi connectivity index (χ2v) is 11.2. The first-order chi connectivity index (χ1) is 15.7. The molecule has 1 aliphatic heterocycles. The highest BCUT2D eigenvalue weighted by atomic mass is 16.3. The number of amides is 2. The molecule has 4 N–H and O–H groups in total. The summed E-state index contributed by atoms with van der Waals surface area (Å²) in [5.74, 6) is 0.397. The number of benzene rings is 1. The van der Waals surface area contributed by atoms with E-state index in [-0.39, 0.29) is 17.2 Å². The van der Waals surface area contributed by atoms with E-state index in [4.69, 9.17) is 5.73 Å². The van der Waals surface area contributed by atoms with Crippen LogP contribution in [0.4, 0.5) is 0 Å². The van der Waals surface area contributed by atoms with Gasteiger partial charge in [-0.1, -0.05) is 56.4 Å². The van der Waals surface area contributed by atoms with Crippen molar-refractivity contribution in [3.05, 3.63) is 35.4 Å². The fraction of sp³-hybridized carbons (Fsp3) is 0.704. The summed E-state index contributed by atoms with van der Waals surface area (Å²) >= 11 is 0. The minimum atomic E-state index is -1.01. The van der Waals surface area contributed by atoms with Crippen molar-refractivity contribution in [1.29, 1.82) is 0 Å². The fourth-order valence-corrected chi connectivity index (χ4v) is 6.19. The Hall–Kier alpha value is -1.92. The van der Waals surface area contributed by atoms with Crippen LogP contribution in [0.15, 0.2) is 24.3 Å². The number of fused-ring (bicyclic) bond motifs is 2. The van der Waals surface area contributed by atoms with E-state index >= 15 is 0 Å². The Labute approximate surface area is 198 Å². The standard InChI is InChI=1S/C27H41N3O3/c1-26(2,28)25(33)29-22(13-12-19-8-4-3-5-9-19)24(32)30-16-14-27(15-17-30)18-23(31)20-10-6-7-11-21(20)27/h6-7,10-11,19,22-23,31H,3-5,8-9,12-18,28H2,1-2H3,(H,29,33)/t22-,23?/m1/s1. The molecule has 1 aromatic rings. The van der Waals surface area contributed by atoms with Gasteiger partial charge in [-0.25, -0.2) is 0 Å². The van der Waals surface area contributed by atoms with E-state index in [0.717, 1.165) is 31.2 Å². The molecule has 1 unspecified atom stereocenters. The molecule has 1 saturated carbocycles. The predicted octanol–water partition coefficient (Wildman–Crippen LogP) is 3.57. The number of nitrogens with zero attached hydrogens (tertiary/aromatic N) is 1. The molecule has 1 aromatic carbocycles. The number of hydrogen-bond acceptors (Lipinski definition) is 4. The van der Waals surface area contributed by atoms with Crippen LogP contribution in [0.2, 0.25) is 0 Å². The maximum absolute atomic E-state index is 13.6. The molecule has 0 radical (unpaired) electrons. The van der Waals surface area contributed by atoms with Gasteiger partial charge in [-0.3, -0.25) is 9.59 Å². The lowest BCUT2D eigenvalue weighted by Gasteiger charge is -2.41. The summed E-state index contributed by atoms with van der Waals surface area (Å²) in [6.07, 6.45) is 9.96. The molecule has 4 rings (SSSR count). The number of aliphatic hydroxyl groups is 1. The zero-order valence-electron chi connectivity index (χ0n) is 20.3. The molecule has 6 nitrogen and oxygen atoms in total. The topological polar surface area (TPSA) is 95.7 Å². The van der Waals surface area contributed by atoms with Crippen LogP contribution in [0.1, 0.15) is 95.3 Å². The number of nitrogens with one attached hydrogen (secondary N) is 1. The Bertz CT molecular complexity index is 848. The number of aliphatic hydroxyl groups excluding tert-OH is 1. The number of rotatable bonds is 6. The number of likely N-dealkylation sites (tertiary alicyclic amines) is 1. The van der Waals surface area contributed by atoms with Crippen LogP contribution in [-0.4, -0.2) is 46.5 Å². The molecule has 1 heterocycles. The number of nitrogens with two attached hydrogens (primary N) is 1. The van der Waals surface area contributed by atoms with Crippen molar-refractivity contribution in [1.82, 2.24) is 10.2 Å². The Morgan fingerprint density at radius 3 is 2.52 bits per heavy atom. The summed E-state index contributed by atoms with van der Waals surface area (Å²) in [6.45, 7) is 4.67. The van der Waals surface area contributed by atoms with Crippen LogP contribution in [0, 0.1) is 5.92 Å². The first-order valence-corrected chi connectivity index (χ1v) is 12.9. The molecule has 2 aliphatic carbocycles. The van der Waals surface area contributed by atoms with E-state index in [1.54, 1.807) is 13.8 Å². The van der Waals surface area contributed by atoms with Crippen molar-refractivity contribution in [2.45, 2.75) is 101 Å². The van der Waals surface area contributed by atoms with Crippen molar-refractivity contribution >= 4 is 11.8 Å². The van der Waals surface area contributed by atoms with E-state index < -0.39 is 17.7 Å². The molecule has 1 spiro atoms. The third-order valence-electron chi connectivity index (χ3n) is 8.28. The zero-order valence-corrected chi connectivity index (χ0v) is 20.3. The van der Waals surface area contributed by atoms with Gasteiger partial charge in [0.2, 0.25) is 11.8 Å². The molecule has 182 valence electrons. The maximum atomic E-state index is 13.6. The van der Waals surface area contributed by atoms with Crippen LogP contribution in [-0.2, 0) is 15.0 Å². The summed E-state index contributed by atoms with van der Waals surface area (Å²) < 4.78 is 0. The minimum absolute atomic E-state index is 0.0186. The van der Waals surface area contributed by atoms with E-state index in [1.165, 1.54) is 37.7 Å². The van der Waals surface area contributed by atoms with Gasteiger partial charge >= 0.3 is 0 Å².